The highest BCUT2D eigenvalue weighted by Gasteiger charge is 2.19. The van der Waals surface area contributed by atoms with Gasteiger partial charge in [0.25, 0.3) is 0 Å². The molecule has 0 bridgehead atoms. The summed E-state index contributed by atoms with van der Waals surface area (Å²) in [7, 11) is 0. The smallest absolute Gasteiger partial charge is 0.306 e. The van der Waals surface area contributed by atoms with Crippen LogP contribution in [-0.2, 0) is 28.6 Å². The van der Waals surface area contributed by atoms with E-state index in [1.165, 1.54) is 70.6 Å². The van der Waals surface area contributed by atoms with Gasteiger partial charge >= 0.3 is 17.9 Å². The second-order valence-electron chi connectivity index (χ2n) is 15.3. The van der Waals surface area contributed by atoms with Crippen LogP contribution in [0.1, 0.15) is 213 Å². The van der Waals surface area contributed by atoms with Gasteiger partial charge in [-0.2, -0.15) is 0 Å². The third kappa shape index (κ3) is 43.8. The number of rotatable bonds is 41. The van der Waals surface area contributed by atoms with Crippen molar-refractivity contribution in [3.8, 4) is 0 Å². The molecule has 0 fully saturated rings. The lowest BCUT2D eigenvalue weighted by Crippen LogP contribution is -2.30. The van der Waals surface area contributed by atoms with Crippen molar-refractivity contribution in [2.75, 3.05) is 13.2 Å². The maximum absolute atomic E-state index is 12.7. The number of hydrogen-bond acceptors (Lipinski definition) is 6. The first-order chi connectivity index (χ1) is 28.0. The minimum absolute atomic E-state index is 0.102. The van der Waals surface area contributed by atoms with Crippen LogP contribution >= 0.6 is 0 Å². The summed E-state index contributed by atoms with van der Waals surface area (Å²) in [6.45, 7) is 6.37. The molecule has 0 aromatic heterocycles. The lowest BCUT2D eigenvalue weighted by molar-refractivity contribution is -0.166. The van der Waals surface area contributed by atoms with E-state index in [1.54, 1.807) is 0 Å². The SMILES string of the molecule is CC/C=C\C/C=C\C/C=C\C/C=C\CCC(=O)OCC(COC(=O)CCCCCCCCCCCCCCC)OC(=O)CCCCCCC/C=C\C/C=C\CCC. The standard InChI is InChI=1S/C51H86O6/c1-4-7-10-13-16-19-22-25-28-31-34-37-40-43-49(52)55-46-48(57-51(54)45-42-39-36-33-30-27-24-21-18-15-12-9-6-3)47-56-50(53)44-41-38-35-32-29-26-23-20-17-14-11-8-5-2/h7,10,12,15-16,19,21,24-25,28,34,37,48H,4-6,8-9,11,13-14,17-18,20,22-23,26-27,29-33,35-36,38-47H2,1-3H3/b10-7-,15-12-,19-16-,24-21-,28-25-,37-34-. The molecule has 0 aromatic rings. The number of carbonyl (C=O) groups excluding carboxylic acids is 3. The highest BCUT2D eigenvalue weighted by atomic mass is 16.6. The van der Waals surface area contributed by atoms with Crippen LogP contribution in [0.5, 0.6) is 0 Å². The van der Waals surface area contributed by atoms with Crippen molar-refractivity contribution >= 4 is 17.9 Å². The number of hydrogen-bond donors (Lipinski definition) is 0. The van der Waals surface area contributed by atoms with Crippen LogP contribution in [0.15, 0.2) is 72.9 Å². The maximum atomic E-state index is 12.7. The molecule has 0 aromatic carbocycles. The van der Waals surface area contributed by atoms with Crippen molar-refractivity contribution < 1.29 is 28.6 Å². The number of carbonyl (C=O) groups is 3. The molecule has 0 radical (unpaired) electrons. The van der Waals surface area contributed by atoms with Crippen molar-refractivity contribution in [2.45, 2.75) is 219 Å². The van der Waals surface area contributed by atoms with Gasteiger partial charge in [0.2, 0.25) is 0 Å². The lowest BCUT2D eigenvalue weighted by Gasteiger charge is -2.18. The van der Waals surface area contributed by atoms with E-state index in [2.05, 4.69) is 81.5 Å². The van der Waals surface area contributed by atoms with Crippen molar-refractivity contribution in [2.24, 2.45) is 0 Å². The Labute approximate surface area is 351 Å². The van der Waals surface area contributed by atoms with Crippen molar-refractivity contribution in [3.63, 3.8) is 0 Å². The van der Waals surface area contributed by atoms with E-state index in [-0.39, 0.29) is 37.5 Å². The van der Waals surface area contributed by atoms with Gasteiger partial charge in [0.15, 0.2) is 6.10 Å². The van der Waals surface area contributed by atoms with Crippen LogP contribution in [0.3, 0.4) is 0 Å². The molecule has 0 aliphatic heterocycles. The lowest BCUT2D eigenvalue weighted by atomic mass is 10.0. The molecule has 6 heteroatoms. The fourth-order valence-corrected chi connectivity index (χ4v) is 6.20. The Kier molecular flexibility index (Phi) is 43.0. The Morgan fingerprint density at radius 2 is 0.754 bits per heavy atom. The summed E-state index contributed by atoms with van der Waals surface area (Å²) in [6.07, 6.45) is 56.1. The first kappa shape index (κ1) is 53.9. The summed E-state index contributed by atoms with van der Waals surface area (Å²) >= 11 is 0. The molecule has 326 valence electrons. The molecule has 0 amide bonds. The summed E-state index contributed by atoms with van der Waals surface area (Å²) in [4.78, 5) is 37.8. The highest BCUT2D eigenvalue weighted by molar-refractivity contribution is 5.71. The summed E-state index contributed by atoms with van der Waals surface area (Å²) in [5.41, 5.74) is 0. The van der Waals surface area contributed by atoms with E-state index in [0.29, 0.717) is 19.3 Å². The van der Waals surface area contributed by atoms with Gasteiger partial charge < -0.3 is 14.2 Å². The first-order valence-electron chi connectivity index (χ1n) is 23.4. The van der Waals surface area contributed by atoms with Crippen LogP contribution < -0.4 is 0 Å². The van der Waals surface area contributed by atoms with E-state index < -0.39 is 6.10 Å². The number of ether oxygens (including phenoxy) is 3. The molecule has 1 unspecified atom stereocenters. The predicted molar refractivity (Wildman–Crippen MR) is 242 cm³/mol. The minimum atomic E-state index is -0.807. The normalized spacial score (nSPS) is 12.7. The summed E-state index contributed by atoms with van der Waals surface area (Å²) in [5, 5.41) is 0. The Hall–Kier alpha value is -3.15. The van der Waals surface area contributed by atoms with Gasteiger partial charge in [0.1, 0.15) is 13.2 Å². The van der Waals surface area contributed by atoms with Crippen LogP contribution in [0, 0.1) is 0 Å². The molecule has 0 aliphatic rings. The topological polar surface area (TPSA) is 78.9 Å². The van der Waals surface area contributed by atoms with Crippen molar-refractivity contribution in [3.05, 3.63) is 72.9 Å². The Bertz CT molecular complexity index is 1100. The van der Waals surface area contributed by atoms with Crippen LogP contribution in [0.25, 0.3) is 0 Å². The molecule has 0 heterocycles. The second kappa shape index (κ2) is 45.6. The third-order valence-electron chi connectivity index (χ3n) is 9.69. The van der Waals surface area contributed by atoms with Crippen molar-refractivity contribution in [1.29, 1.82) is 0 Å². The van der Waals surface area contributed by atoms with E-state index in [4.69, 9.17) is 14.2 Å². The highest BCUT2D eigenvalue weighted by Crippen LogP contribution is 2.14. The van der Waals surface area contributed by atoms with Gasteiger partial charge in [-0.05, 0) is 70.6 Å². The van der Waals surface area contributed by atoms with E-state index >= 15 is 0 Å². The van der Waals surface area contributed by atoms with Crippen LogP contribution in [0.4, 0.5) is 0 Å². The zero-order valence-corrected chi connectivity index (χ0v) is 37.1. The van der Waals surface area contributed by atoms with Gasteiger partial charge in [-0.15, -0.1) is 0 Å². The van der Waals surface area contributed by atoms with Gasteiger partial charge in [-0.3, -0.25) is 14.4 Å². The monoisotopic (exact) mass is 795 g/mol. The first-order valence-corrected chi connectivity index (χ1v) is 23.4. The zero-order valence-electron chi connectivity index (χ0n) is 37.1. The Morgan fingerprint density at radius 3 is 1.25 bits per heavy atom. The van der Waals surface area contributed by atoms with Crippen LogP contribution in [0.2, 0.25) is 0 Å². The second-order valence-corrected chi connectivity index (χ2v) is 15.3. The maximum Gasteiger partial charge on any atom is 0.306 e. The fraction of sp³-hybridized carbons (Fsp3) is 0.706. The summed E-state index contributed by atoms with van der Waals surface area (Å²) in [5.74, 6) is -1.00. The third-order valence-corrected chi connectivity index (χ3v) is 9.69. The number of allylic oxidation sites excluding steroid dienone is 12. The molecule has 57 heavy (non-hydrogen) atoms. The molecule has 1 atom stereocenters. The average molecular weight is 795 g/mol. The summed E-state index contributed by atoms with van der Waals surface area (Å²) < 4.78 is 16.6. The molecular formula is C51H86O6. The number of unbranched alkanes of at least 4 members (excludes halogenated alkanes) is 18. The molecule has 6 nitrogen and oxygen atoms in total. The van der Waals surface area contributed by atoms with Crippen LogP contribution in [-0.4, -0.2) is 37.2 Å². The van der Waals surface area contributed by atoms with Gasteiger partial charge in [0.05, 0.1) is 0 Å². The fourth-order valence-electron chi connectivity index (χ4n) is 6.20. The van der Waals surface area contributed by atoms with E-state index in [1.807, 2.05) is 12.2 Å². The minimum Gasteiger partial charge on any atom is -0.462 e. The molecule has 0 saturated heterocycles. The quantitative estimate of drug-likeness (QED) is 0.0265. The molecular weight excluding hydrogens is 709 g/mol. The zero-order chi connectivity index (χ0) is 41.5. The largest absolute Gasteiger partial charge is 0.462 e. The van der Waals surface area contributed by atoms with Gasteiger partial charge in [-0.1, -0.05) is 196 Å². The number of esters is 3. The van der Waals surface area contributed by atoms with E-state index in [9.17, 15) is 14.4 Å². The molecule has 0 N–H and O–H groups in total. The summed E-state index contributed by atoms with van der Waals surface area (Å²) in [6, 6.07) is 0. The van der Waals surface area contributed by atoms with E-state index in [0.717, 1.165) is 96.3 Å². The predicted octanol–water partition coefficient (Wildman–Crippen LogP) is 15.1. The van der Waals surface area contributed by atoms with Gasteiger partial charge in [0, 0.05) is 19.3 Å². The van der Waals surface area contributed by atoms with Crippen molar-refractivity contribution in [1.82, 2.24) is 0 Å². The average Bonchev–Trinajstić information content (AvgIpc) is 3.21. The molecule has 0 saturated carbocycles. The van der Waals surface area contributed by atoms with Gasteiger partial charge in [-0.25, -0.2) is 0 Å². The Balaban J connectivity index is 4.49. The molecule has 0 spiro atoms. The molecule has 0 aliphatic carbocycles. The Morgan fingerprint density at radius 1 is 0.368 bits per heavy atom. The molecule has 0 rings (SSSR count).